The van der Waals surface area contributed by atoms with Crippen LogP contribution in [0.2, 0.25) is 0 Å². The van der Waals surface area contributed by atoms with Crippen LogP contribution in [0.3, 0.4) is 0 Å². The number of rotatable bonds is 4. The lowest BCUT2D eigenvalue weighted by Gasteiger charge is -2.32. The van der Waals surface area contributed by atoms with Gasteiger partial charge in [-0.2, -0.15) is 0 Å². The highest BCUT2D eigenvalue weighted by atomic mass is 16.5. The molecule has 0 aliphatic carbocycles. The van der Waals surface area contributed by atoms with Crippen LogP contribution in [0.1, 0.15) is 34.5 Å². The van der Waals surface area contributed by atoms with Gasteiger partial charge < -0.3 is 14.1 Å². The molecular weight excluding hydrogens is 280 g/mol. The van der Waals surface area contributed by atoms with Crippen molar-refractivity contribution in [3.63, 3.8) is 0 Å². The second-order valence-corrected chi connectivity index (χ2v) is 5.58. The molecule has 0 radical (unpaired) electrons. The second kappa shape index (κ2) is 6.75. The van der Waals surface area contributed by atoms with Crippen molar-refractivity contribution in [2.75, 3.05) is 13.1 Å². The molecule has 2 aromatic rings. The third-order valence-corrected chi connectivity index (χ3v) is 3.96. The number of aryl methyl sites for hydroxylation is 1. The van der Waals surface area contributed by atoms with Crippen molar-refractivity contribution in [2.45, 2.75) is 32.5 Å². The summed E-state index contributed by atoms with van der Waals surface area (Å²) in [6.45, 7) is 3.75. The predicted molar refractivity (Wildman–Crippen MR) is 81.4 cm³/mol. The van der Waals surface area contributed by atoms with Crippen molar-refractivity contribution in [3.05, 3.63) is 53.7 Å². The fourth-order valence-corrected chi connectivity index (χ4v) is 2.73. The number of piperidine rings is 1. The van der Waals surface area contributed by atoms with Crippen molar-refractivity contribution >= 4 is 5.91 Å². The maximum atomic E-state index is 12.5. The van der Waals surface area contributed by atoms with Crippen molar-refractivity contribution < 1.29 is 13.9 Å². The lowest BCUT2D eigenvalue weighted by atomic mass is 10.1. The molecule has 0 saturated carbocycles. The van der Waals surface area contributed by atoms with E-state index in [1.807, 2.05) is 24.0 Å². The van der Waals surface area contributed by atoms with E-state index >= 15 is 0 Å². The lowest BCUT2D eigenvalue weighted by molar-refractivity contribution is -0.00686. The Labute approximate surface area is 129 Å². The minimum absolute atomic E-state index is 0.0286. The van der Waals surface area contributed by atoms with Gasteiger partial charge in [0, 0.05) is 25.5 Å². The van der Waals surface area contributed by atoms with E-state index in [9.17, 15) is 4.79 Å². The summed E-state index contributed by atoms with van der Waals surface area (Å²) in [5.74, 6) is 0.698. The van der Waals surface area contributed by atoms with Gasteiger partial charge in [0.05, 0.1) is 24.5 Å². The molecule has 3 rings (SSSR count). The monoisotopic (exact) mass is 300 g/mol. The van der Waals surface area contributed by atoms with E-state index in [2.05, 4.69) is 4.98 Å². The highest BCUT2D eigenvalue weighted by Gasteiger charge is 2.26. The molecule has 0 N–H and O–H groups in total. The molecule has 2 aromatic heterocycles. The summed E-state index contributed by atoms with van der Waals surface area (Å²) in [6, 6.07) is 5.63. The van der Waals surface area contributed by atoms with Crippen LogP contribution in [0.5, 0.6) is 0 Å². The van der Waals surface area contributed by atoms with Gasteiger partial charge in [-0.1, -0.05) is 6.07 Å². The molecule has 0 bridgehead atoms. The fourth-order valence-electron chi connectivity index (χ4n) is 2.73. The molecule has 1 atom stereocenters. The fraction of sp³-hybridized carbons (Fsp3) is 0.412. The van der Waals surface area contributed by atoms with Crippen molar-refractivity contribution in [1.29, 1.82) is 0 Å². The number of amides is 1. The third kappa shape index (κ3) is 3.36. The Morgan fingerprint density at radius 1 is 1.50 bits per heavy atom. The van der Waals surface area contributed by atoms with Gasteiger partial charge in [-0.15, -0.1) is 0 Å². The summed E-state index contributed by atoms with van der Waals surface area (Å²) in [5.41, 5.74) is 1.70. The molecule has 1 unspecified atom stereocenters. The molecule has 0 spiro atoms. The van der Waals surface area contributed by atoms with Gasteiger partial charge in [0.15, 0.2) is 0 Å². The minimum Gasteiger partial charge on any atom is -0.469 e. The minimum atomic E-state index is 0.0286. The number of furan rings is 1. The molecule has 1 fully saturated rings. The highest BCUT2D eigenvalue weighted by Crippen LogP contribution is 2.19. The Balaban J connectivity index is 1.57. The number of aromatic nitrogens is 1. The summed E-state index contributed by atoms with van der Waals surface area (Å²) < 4.78 is 11.2. The van der Waals surface area contributed by atoms with E-state index in [1.165, 1.54) is 0 Å². The normalized spacial score (nSPS) is 18.4. The van der Waals surface area contributed by atoms with Gasteiger partial charge in [0.25, 0.3) is 5.91 Å². The molecular formula is C17H20N2O3. The van der Waals surface area contributed by atoms with Gasteiger partial charge in [0.1, 0.15) is 5.76 Å². The molecule has 1 saturated heterocycles. The quantitative estimate of drug-likeness (QED) is 0.871. The van der Waals surface area contributed by atoms with Crippen LogP contribution < -0.4 is 0 Å². The number of hydrogen-bond acceptors (Lipinski definition) is 4. The van der Waals surface area contributed by atoms with E-state index in [0.717, 1.165) is 24.9 Å². The second-order valence-electron chi connectivity index (χ2n) is 5.58. The Morgan fingerprint density at radius 3 is 3.14 bits per heavy atom. The van der Waals surface area contributed by atoms with E-state index < -0.39 is 0 Å². The van der Waals surface area contributed by atoms with E-state index in [1.54, 1.807) is 24.7 Å². The number of ether oxygens (including phenoxy) is 1. The summed E-state index contributed by atoms with van der Waals surface area (Å²) in [5, 5.41) is 0. The average molecular weight is 300 g/mol. The maximum Gasteiger partial charge on any atom is 0.257 e. The van der Waals surface area contributed by atoms with Crippen LogP contribution in [0, 0.1) is 6.92 Å². The van der Waals surface area contributed by atoms with Crippen LogP contribution in [-0.2, 0) is 11.3 Å². The summed E-state index contributed by atoms with van der Waals surface area (Å²) in [7, 11) is 0. The predicted octanol–water partition coefficient (Wildman–Crippen LogP) is 2.80. The smallest absolute Gasteiger partial charge is 0.257 e. The largest absolute Gasteiger partial charge is 0.469 e. The summed E-state index contributed by atoms with van der Waals surface area (Å²) in [4.78, 5) is 18.4. The number of carbonyl (C=O) groups excluding carboxylic acids is 1. The number of nitrogens with zero attached hydrogens (tertiary/aromatic N) is 2. The zero-order valence-corrected chi connectivity index (χ0v) is 12.7. The number of pyridine rings is 1. The van der Waals surface area contributed by atoms with Crippen molar-refractivity contribution in [3.8, 4) is 0 Å². The lowest BCUT2D eigenvalue weighted by Crippen LogP contribution is -2.43. The Morgan fingerprint density at radius 2 is 2.41 bits per heavy atom. The zero-order valence-electron chi connectivity index (χ0n) is 12.7. The molecule has 5 heteroatoms. The number of likely N-dealkylation sites (tertiary alicyclic amines) is 1. The zero-order chi connectivity index (χ0) is 15.4. The molecule has 1 aliphatic heterocycles. The first kappa shape index (κ1) is 14.8. The molecule has 1 amide bonds. The molecule has 5 nitrogen and oxygen atoms in total. The summed E-state index contributed by atoms with van der Waals surface area (Å²) >= 11 is 0. The van der Waals surface area contributed by atoms with Gasteiger partial charge in [0.2, 0.25) is 0 Å². The molecule has 3 heterocycles. The van der Waals surface area contributed by atoms with Gasteiger partial charge in [-0.05, 0) is 37.5 Å². The molecule has 1 aliphatic rings. The molecule has 22 heavy (non-hydrogen) atoms. The van der Waals surface area contributed by atoms with Crippen LogP contribution >= 0.6 is 0 Å². The SMILES string of the molecule is Cc1occc1C(=O)N1CCCC(OCc2cccnc2)C1. The topological polar surface area (TPSA) is 55.6 Å². The first-order chi connectivity index (χ1) is 10.7. The van der Waals surface area contributed by atoms with Crippen LogP contribution in [0.4, 0.5) is 0 Å². The van der Waals surface area contributed by atoms with Crippen LogP contribution in [0.15, 0.2) is 41.3 Å². The number of hydrogen-bond donors (Lipinski definition) is 0. The maximum absolute atomic E-state index is 12.5. The van der Waals surface area contributed by atoms with Crippen molar-refractivity contribution in [2.24, 2.45) is 0 Å². The van der Waals surface area contributed by atoms with Crippen LogP contribution in [0.25, 0.3) is 0 Å². The molecule has 116 valence electrons. The van der Waals surface area contributed by atoms with E-state index in [-0.39, 0.29) is 12.0 Å². The van der Waals surface area contributed by atoms with Gasteiger partial charge >= 0.3 is 0 Å². The molecule has 0 aromatic carbocycles. The van der Waals surface area contributed by atoms with E-state index in [0.29, 0.717) is 24.5 Å². The van der Waals surface area contributed by atoms with Gasteiger partial charge in [-0.3, -0.25) is 9.78 Å². The highest BCUT2D eigenvalue weighted by molar-refractivity contribution is 5.95. The van der Waals surface area contributed by atoms with Crippen LogP contribution in [-0.4, -0.2) is 35.0 Å². The first-order valence-corrected chi connectivity index (χ1v) is 7.58. The van der Waals surface area contributed by atoms with E-state index in [4.69, 9.17) is 9.15 Å². The van der Waals surface area contributed by atoms with Crippen molar-refractivity contribution in [1.82, 2.24) is 9.88 Å². The third-order valence-electron chi connectivity index (χ3n) is 3.96. The first-order valence-electron chi connectivity index (χ1n) is 7.58. The van der Waals surface area contributed by atoms with Gasteiger partial charge in [-0.25, -0.2) is 0 Å². The average Bonchev–Trinajstić information content (AvgIpc) is 2.99. The Kier molecular flexibility index (Phi) is 4.53. The Hall–Kier alpha value is -2.14. The summed E-state index contributed by atoms with van der Waals surface area (Å²) in [6.07, 6.45) is 7.13. The standard InChI is InChI=1S/C17H20N2O3/c1-13-16(6-9-21-13)17(20)19-8-3-5-15(11-19)22-12-14-4-2-7-18-10-14/h2,4,6-7,9-10,15H,3,5,8,11-12H2,1H3. The Bertz CT molecular complexity index is 624. The number of carbonyl (C=O) groups is 1.